The van der Waals surface area contributed by atoms with Crippen molar-refractivity contribution in [2.75, 3.05) is 39.8 Å². The van der Waals surface area contributed by atoms with Crippen LogP contribution < -0.4 is 15.0 Å². The number of aryl methyl sites for hydroxylation is 1. The zero-order valence-corrected chi connectivity index (χ0v) is 17.2. The second-order valence-corrected chi connectivity index (χ2v) is 7.48. The van der Waals surface area contributed by atoms with Gasteiger partial charge in [0.2, 0.25) is 5.91 Å². The van der Waals surface area contributed by atoms with Crippen molar-refractivity contribution in [3.63, 3.8) is 0 Å². The molecule has 6 nitrogen and oxygen atoms in total. The lowest BCUT2D eigenvalue weighted by Crippen LogP contribution is -3.13. The summed E-state index contributed by atoms with van der Waals surface area (Å²) in [7, 11) is 1.67. The maximum Gasteiger partial charge on any atom is 0.251 e. The van der Waals surface area contributed by atoms with Gasteiger partial charge in [0.05, 0.1) is 33.3 Å². The van der Waals surface area contributed by atoms with Crippen molar-refractivity contribution < 1.29 is 19.2 Å². The van der Waals surface area contributed by atoms with Crippen LogP contribution in [0.3, 0.4) is 0 Å². The van der Waals surface area contributed by atoms with Crippen LogP contribution in [0.2, 0.25) is 0 Å². The summed E-state index contributed by atoms with van der Waals surface area (Å²) < 4.78 is 5.20. The third-order valence-electron chi connectivity index (χ3n) is 5.45. The summed E-state index contributed by atoms with van der Waals surface area (Å²) in [5.74, 6) is 0.858. The number of nitrogens with one attached hydrogen (secondary N) is 2. The molecular weight excluding hydrogens is 366 g/mol. The molecule has 0 atom stereocenters. The molecule has 2 aromatic rings. The molecule has 1 fully saturated rings. The predicted molar refractivity (Wildman–Crippen MR) is 112 cm³/mol. The van der Waals surface area contributed by atoms with Gasteiger partial charge in [-0.05, 0) is 42.8 Å². The highest BCUT2D eigenvalue weighted by Crippen LogP contribution is 2.10. The highest BCUT2D eigenvalue weighted by atomic mass is 16.5. The second-order valence-electron chi connectivity index (χ2n) is 7.48. The minimum atomic E-state index is -0.121. The third-order valence-corrected chi connectivity index (χ3v) is 5.45. The van der Waals surface area contributed by atoms with Crippen molar-refractivity contribution in [2.45, 2.75) is 19.9 Å². The van der Waals surface area contributed by atoms with E-state index in [1.807, 2.05) is 42.2 Å². The van der Waals surface area contributed by atoms with Crippen molar-refractivity contribution in [3.8, 4) is 5.75 Å². The van der Waals surface area contributed by atoms with Gasteiger partial charge in [-0.25, -0.2) is 0 Å². The Morgan fingerprint density at radius 2 is 1.76 bits per heavy atom. The van der Waals surface area contributed by atoms with Crippen molar-refractivity contribution in [2.24, 2.45) is 0 Å². The highest BCUT2D eigenvalue weighted by molar-refractivity contribution is 5.95. The van der Waals surface area contributed by atoms with Gasteiger partial charge in [-0.15, -0.1) is 0 Å². The average molecular weight is 397 g/mol. The van der Waals surface area contributed by atoms with Gasteiger partial charge < -0.3 is 19.9 Å². The molecule has 1 heterocycles. The van der Waals surface area contributed by atoms with E-state index < -0.39 is 0 Å². The number of piperazine rings is 1. The van der Waals surface area contributed by atoms with Gasteiger partial charge in [-0.3, -0.25) is 9.59 Å². The SMILES string of the molecule is COc1ccc(C[NH+]2CCN(C(=O)CCNC(=O)c3ccccc3C)CC2)cc1. The molecule has 0 saturated carbocycles. The first-order valence-corrected chi connectivity index (χ1v) is 10.1. The summed E-state index contributed by atoms with van der Waals surface area (Å²) in [6, 6.07) is 15.6. The number of benzene rings is 2. The molecule has 2 aromatic carbocycles. The largest absolute Gasteiger partial charge is 0.497 e. The number of nitrogens with zero attached hydrogens (tertiary/aromatic N) is 1. The molecule has 0 bridgehead atoms. The number of quaternary nitrogens is 1. The number of amides is 2. The van der Waals surface area contributed by atoms with Crippen LogP contribution in [0.1, 0.15) is 27.9 Å². The summed E-state index contributed by atoms with van der Waals surface area (Å²) in [4.78, 5) is 28.1. The van der Waals surface area contributed by atoms with E-state index >= 15 is 0 Å². The van der Waals surface area contributed by atoms with E-state index in [-0.39, 0.29) is 11.8 Å². The van der Waals surface area contributed by atoms with Crippen molar-refractivity contribution in [1.82, 2.24) is 10.2 Å². The van der Waals surface area contributed by atoms with Crippen LogP contribution in [0.5, 0.6) is 5.75 Å². The molecule has 3 rings (SSSR count). The van der Waals surface area contributed by atoms with E-state index in [9.17, 15) is 9.59 Å². The summed E-state index contributed by atoms with van der Waals surface area (Å²) in [5, 5.41) is 2.86. The van der Waals surface area contributed by atoms with E-state index in [1.54, 1.807) is 13.2 Å². The molecule has 0 radical (unpaired) electrons. The van der Waals surface area contributed by atoms with Gasteiger partial charge in [-0.2, -0.15) is 0 Å². The Bertz CT molecular complexity index is 828. The van der Waals surface area contributed by atoms with E-state index in [4.69, 9.17) is 4.74 Å². The molecular formula is C23H30N3O3+. The average Bonchev–Trinajstić information content (AvgIpc) is 2.75. The first-order valence-electron chi connectivity index (χ1n) is 10.1. The van der Waals surface area contributed by atoms with Gasteiger partial charge in [0.15, 0.2) is 0 Å². The van der Waals surface area contributed by atoms with Gasteiger partial charge >= 0.3 is 0 Å². The molecule has 0 spiro atoms. The molecule has 0 unspecified atom stereocenters. The topological polar surface area (TPSA) is 63.1 Å². The van der Waals surface area contributed by atoms with E-state index in [2.05, 4.69) is 17.4 Å². The van der Waals surface area contributed by atoms with Crippen LogP contribution in [-0.2, 0) is 11.3 Å². The maximum atomic E-state index is 12.5. The summed E-state index contributed by atoms with van der Waals surface area (Å²) in [6.07, 6.45) is 0.339. The first-order chi connectivity index (χ1) is 14.1. The van der Waals surface area contributed by atoms with E-state index in [1.165, 1.54) is 10.5 Å². The maximum absolute atomic E-state index is 12.5. The number of ether oxygens (including phenoxy) is 1. The normalized spacial score (nSPS) is 14.5. The van der Waals surface area contributed by atoms with Crippen LogP contribution in [0.15, 0.2) is 48.5 Å². The van der Waals surface area contributed by atoms with Crippen molar-refractivity contribution in [3.05, 3.63) is 65.2 Å². The monoisotopic (exact) mass is 396 g/mol. The number of carbonyl (C=O) groups is 2. The van der Waals surface area contributed by atoms with Crippen LogP contribution >= 0.6 is 0 Å². The Labute approximate surface area is 172 Å². The number of carbonyl (C=O) groups excluding carboxylic acids is 2. The molecule has 1 aliphatic heterocycles. The molecule has 0 aliphatic carbocycles. The zero-order valence-electron chi connectivity index (χ0n) is 17.2. The van der Waals surface area contributed by atoms with Crippen LogP contribution in [0.4, 0.5) is 0 Å². The van der Waals surface area contributed by atoms with Crippen LogP contribution in [-0.4, -0.2) is 56.5 Å². The quantitative estimate of drug-likeness (QED) is 0.736. The number of hydrogen-bond donors (Lipinski definition) is 2. The lowest BCUT2D eigenvalue weighted by Gasteiger charge is -2.32. The molecule has 6 heteroatoms. The minimum absolute atomic E-state index is 0.110. The van der Waals surface area contributed by atoms with Crippen LogP contribution in [0.25, 0.3) is 0 Å². The Kier molecular flexibility index (Phi) is 7.25. The Morgan fingerprint density at radius 3 is 2.41 bits per heavy atom. The molecule has 0 aromatic heterocycles. The fourth-order valence-electron chi connectivity index (χ4n) is 3.65. The number of hydrogen-bond acceptors (Lipinski definition) is 3. The second kappa shape index (κ2) is 10.1. The van der Waals surface area contributed by atoms with Gasteiger partial charge in [0.25, 0.3) is 5.91 Å². The summed E-state index contributed by atoms with van der Waals surface area (Å²) in [6.45, 7) is 6.63. The zero-order chi connectivity index (χ0) is 20.6. The van der Waals surface area contributed by atoms with Crippen molar-refractivity contribution >= 4 is 11.8 Å². The molecule has 29 heavy (non-hydrogen) atoms. The fourth-order valence-corrected chi connectivity index (χ4v) is 3.65. The van der Waals surface area contributed by atoms with Crippen molar-refractivity contribution in [1.29, 1.82) is 0 Å². The summed E-state index contributed by atoms with van der Waals surface area (Å²) in [5.41, 5.74) is 2.88. The minimum Gasteiger partial charge on any atom is -0.497 e. The van der Waals surface area contributed by atoms with Gasteiger partial charge in [0, 0.05) is 24.1 Å². The first kappa shape index (κ1) is 20.9. The number of methoxy groups -OCH3 is 1. The van der Waals surface area contributed by atoms with Gasteiger partial charge in [-0.1, -0.05) is 18.2 Å². The molecule has 1 aliphatic rings. The highest BCUT2D eigenvalue weighted by Gasteiger charge is 2.23. The Morgan fingerprint density at radius 1 is 1.07 bits per heavy atom. The molecule has 2 amide bonds. The summed E-state index contributed by atoms with van der Waals surface area (Å²) >= 11 is 0. The lowest BCUT2D eigenvalue weighted by molar-refractivity contribution is -0.917. The van der Waals surface area contributed by atoms with E-state index in [0.29, 0.717) is 18.5 Å². The fraction of sp³-hybridized carbons (Fsp3) is 0.391. The third kappa shape index (κ3) is 5.81. The van der Waals surface area contributed by atoms with Crippen LogP contribution in [0, 0.1) is 6.92 Å². The standard InChI is InChI=1S/C23H29N3O3/c1-18-5-3-4-6-21(18)23(28)24-12-11-22(27)26-15-13-25(14-16-26)17-19-7-9-20(29-2)10-8-19/h3-10H,11-17H2,1-2H3,(H,24,28)/p+1. The predicted octanol–water partition coefficient (Wildman–Crippen LogP) is 1.05. The molecule has 154 valence electrons. The Hall–Kier alpha value is -2.86. The smallest absolute Gasteiger partial charge is 0.251 e. The lowest BCUT2D eigenvalue weighted by atomic mass is 10.1. The van der Waals surface area contributed by atoms with E-state index in [0.717, 1.165) is 44.0 Å². The molecule has 1 saturated heterocycles. The number of rotatable bonds is 7. The molecule has 2 N–H and O–H groups in total. The Balaban J connectivity index is 1.38. The van der Waals surface area contributed by atoms with Gasteiger partial charge in [0.1, 0.15) is 12.3 Å².